The highest BCUT2D eigenvalue weighted by Gasteiger charge is 2.18. The summed E-state index contributed by atoms with van der Waals surface area (Å²) in [5.74, 6) is -0.688. The Morgan fingerprint density at radius 3 is 2.92 bits per heavy atom. The van der Waals surface area contributed by atoms with Gasteiger partial charge < -0.3 is 5.11 Å². The Balaban J connectivity index is 2.72. The molecule has 2 unspecified atom stereocenters. The molecule has 0 spiro atoms. The topological polar surface area (TPSA) is 20.2 Å². The summed E-state index contributed by atoms with van der Waals surface area (Å²) in [6.45, 7) is 1.68. The Morgan fingerprint density at radius 2 is 2.42 bits per heavy atom. The lowest BCUT2D eigenvalue weighted by molar-refractivity contribution is 0.248. The number of hydrogen-bond donors (Lipinski definition) is 1. The standard InChI is InChI=1S/C9H12F2O/c1-6(5-12)7-2-8(10)4-9(11)3-7/h2,4,6,9,12H,3,5H2,1H3. The van der Waals surface area contributed by atoms with Gasteiger partial charge in [0.25, 0.3) is 0 Å². The smallest absolute Gasteiger partial charge is 0.125 e. The van der Waals surface area contributed by atoms with Crippen LogP contribution in [0.25, 0.3) is 0 Å². The van der Waals surface area contributed by atoms with Crippen molar-refractivity contribution < 1.29 is 13.9 Å². The molecule has 12 heavy (non-hydrogen) atoms. The summed E-state index contributed by atoms with van der Waals surface area (Å²) >= 11 is 0. The van der Waals surface area contributed by atoms with Gasteiger partial charge in [-0.05, 0) is 12.2 Å². The first kappa shape index (κ1) is 9.39. The molecular weight excluding hydrogens is 162 g/mol. The quantitative estimate of drug-likeness (QED) is 0.680. The van der Waals surface area contributed by atoms with Gasteiger partial charge in [-0.15, -0.1) is 0 Å². The molecule has 68 valence electrons. The van der Waals surface area contributed by atoms with Gasteiger partial charge in [-0.3, -0.25) is 0 Å². The largest absolute Gasteiger partial charge is 0.396 e. The number of aliphatic hydroxyl groups excluding tert-OH is 1. The first-order valence-corrected chi connectivity index (χ1v) is 3.96. The van der Waals surface area contributed by atoms with Gasteiger partial charge in [0, 0.05) is 18.9 Å². The Hall–Kier alpha value is -0.700. The number of aliphatic hydroxyl groups is 1. The lowest BCUT2D eigenvalue weighted by atomic mass is 9.93. The molecule has 1 nitrogen and oxygen atoms in total. The summed E-state index contributed by atoms with van der Waals surface area (Å²) in [5.41, 5.74) is 0.644. The number of halogens is 2. The maximum Gasteiger partial charge on any atom is 0.125 e. The van der Waals surface area contributed by atoms with Crippen molar-refractivity contribution in [2.45, 2.75) is 19.5 Å². The molecule has 0 amide bonds. The van der Waals surface area contributed by atoms with Crippen LogP contribution >= 0.6 is 0 Å². The van der Waals surface area contributed by atoms with Crippen molar-refractivity contribution in [3.05, 3.63) is 23.6 Å². The number of rotatable bonds is 2. The summed E-state index contributed by atoms with van der Waals surface area (Å²) < 4.78 is 25.4. The van der Waals surface area contributed by atoms with Crippen molar-refractivity contribution in [3.8, 4) is 0 Å². The lowest BCUT2D eigenvalue weighted by Gasteiger charge is -2.17. The minimum atomic E-state index is -1.24. The van der Waals surface area contributed by atoms with Crippen LogP contribution < -0.4 is 0 Å². The van der Waals surface area contributed by atoms with Gasteiger partial charge >= 0.3 is 0 Å². The highest BCUT2D eigenvalue weighted by molar-refractivity contribution is 5.26. The number of allylic oxidation sites excluding steroid dienone is 3. The molecule has 0 bridgehead atoms. The molecule has 0 fully saturated rings. The van der Waals surface area contributed by atoms with E-state index in [0.29, 0.717) is 5.57 Å². The Kier molecular flexibility index (Phi) is 2.98. The van der Waals surface area contributed by atoms with Gasteiger partial charge in [-0.1, -0.05) is 12.5 Å². The average molecular weight is 174 g/mol. The van der Waals surface area contributed by atoms with Crippen molar-refractivity contribution >= 4 is 0 Å². The van der Waals surface area contributed by atoms with E-state index in [0.717, 1.165) is 6.08 Å². The molecule has 1 aliphatic carbocycles. The van der Waals surface area contributed by atoms with Gasteiger partial charge in [-0.25, -0.2) is 8.78 Å². The van der Waals surface area contributed by atoms with Crippen LogP contribution in [0.5, 0.6) is 0 Å². The van der Waals surface area contributed by atoms with E-state index < -0.39 is 12.0 Å². The van der Waals surface area contributed by atoms with Crippen LogP contribution in [0.15, 0.2) is 23.6 Å². The second-order valence-corrected chi connectivity index (χ2v) is 3.07. The zero-order valence-corrected chi connectivity index (χ0v) is 6.93. The SMILES string of the molecule is CC(CO)C1=CC(F)=CC(F)C1. The fourth-order valence-corrected chi connectivity index (χ4v) is 1.20. The summed E-state index contributed by atoms with van der Waals surface area (Å²) in [4.78, 5) is 0. The maximum atomic E-state index is 12.7. The van der Waals surface area contributed by atoms with Crippen LogP contribution in [-0.2, 0) is 0 Å². The van der Waals surface area contributed by atoms with Gasteiger partial charge in [-0.2, -0.15) is 0 Å². The molecule has 1 aliphatic rings. The van der Waals surface area contributed by atoms with Crippen molar-refractivity contribution in [3.63, 3.8) is 0 Å². The van der Waals surface area contributed by atoms with Crippen LogP contribution in [0.2, 0.25) is 0 Å². The van der Waals surface area contributed by atoms with E-state index in [1.54, 1.807) is 6.92 Å². The summed E-state index contributed by atoms with van der Waals surface area (Å²) in [6.07, 6.45) is 1.22. The van der Waals surface area contributed by atoms with E-state index in [1.165, 1.54) is 6.08 Å². The predicted octanol–water partition coefficient (Wildman–Crippen LogP) is 2.14. The predicted molar refractivity (Wildman–Crippen MR) is 43.0 cm³/mol. The second-order valence-electron chi connectivity index (χ2n) is 3.07. The molecule has 0 saturated carbocycles. The molecule has 0 heterocycles. The Labute approximate surface area is 70.4 Å². The average Bonchev–Trinajstić information content (AvgIpc) is 2.01. The van der Waals surface area contributed by atoms with Gasteiger partial charge in [0.15, 0.2) is 0 Å². The molecular formula is C9H12F2O. The van der Waals surface area contributed by atoms with Crippen LogP contribution in [0, 0.1) is 5.92 Å². The zero-order chi connectivity index (χ0) is 9.14. The molecule has 1 rings (SSSR count). The van der Waals surface area contributed by atoms with Crippen molar-refractivity contribution in [2.75, 3.05) is 6.61 Å². The first-order chi connectivity index (χ1) is 5.63. The zero-order valence-electron chi connectivity index (χ0n) is 6.93. The molecule has 2 atom stereocenters. The van der Waals surface area contributed by atoms with Crippen LogP contribution in [-0.4, -0.2) is 17.9 Å². The summed E-state index contributed by atoms with van der Waals surface area (Å²) in [5, 5.41) is 8.75. The molecule has 0 aromatic carbocycles. The first-order valence-electron chi connectivity index (χ1n) is 3.96. The highest BCUT2D eigenvalue weighted by Crippen LogP contribution is 2.25. The van der Waals surface area contributed by atoms with Gasteiger partial charge in [0.2, 0.25) is 0 Å². The van der Waals surface area contributed by atoms with Crippen molar-refractivity contribution in [2.24, 2.45) is 5.92 Å². The van der Waals surface area contributed by atoms with Gasteiger partial charge in [0.1, 0.15) is 12.0 Å². The minimum Gasteiger partial charge on any atom is -0.396 e. The second kappa shape index (κ2) is 3.81. The number of alkyl halides is 1. The van der Waals surface area contributed by atoms with E-state index in [-0.39, 0.29) is 18.9 Å². The van der Waals surface area contributed by atoms with E-state index in [2.05, 4.69) is 0 Å². The van der Waals surface area contributed by atoms with Gasteiger partial charge in [0.05, 0.1) is 0 Å². The van der Waals surface area contributed by atoms with Crippen LogP contribution in [0.1, 0.15) is 13.3 Å². The molecule has 0 aromatic heterocycles. The maximum absolute atomic E-state index is 12.7. The third kappa shape index (κ3) is 2.14. The fraction of sp³-hybridized carbons (Fsp3) is 0.556. The molecule has 3 heteroatoms. The highest BCUT2D eigenvalue weighted by atomic mass is 19.1. The molecule has 0 aliphatic heterocycles. The third-order valence-corrected chi connectivity index (χ3v) is 2.00. The van der Waals surface area contributed by atoms with Crippen molar-refractivity contribution in [1.82, 2.24) is 0 Å². The molecule has 0 aromatic rings. The Bertz CT molecular complexity index is 221. The normalized spacial score (nSPS) is 26.2. The van der Waals surface area contributed by atoms with E-state index >= 15 is 0 Å². The van der Waals surface area contributed by atoms with Crippen LogP contribution in [0.4, 0.5) is 8.78 Å². The van der Waals surface area contributed by atoms with E-state index in [4.69, 9.17) is 5.11 Å². The third-order valence-electron chi connectivity index (χ3n) is 2.00. The van der Waals surface area contributed by atoms with Crippen molar-refractivity contribution in [1.29, 1.82) is 0 Å². The molecule has 0 radical (unpaired) electrons. The van der Waals surface area contributed by atoms with Crippen LogP contribution in [0.3, 0.4) is 0 Å². The molecule has 0 saturated heterocycles. The summed E-state index contributed by atoms with van der Waals surface area (Å²) in [7, 11) is 0. The summed E-state index contributed by atoms with van der Waals surface area (Å²) in [6, 6.07) is 0. The fourth-order valence-electron chi connectivity index (χ4n) is 1.20. The lowest BCUT2D eigenvalue weighted by Crippen LogP contribution is -2.12. The molecule has 1 N–H and O–H groups in total. The van der Waals surface area contributed by atoms with E-state index in [1.807, 2.05) is 0 Å². The number of hydrogen-bond acceptors (Lipinski definition) is 1. The minimum absolute atomic E-state index is 0.0637. The Morgan fingerprint density at radius 1 is 1.75 bits per heavy atom. The van der Waals surface area contributed by atoms with E-state index in [9.17, 15) is 8.78 Å². The monoisotopic (exact) mass is 174 g/mol.